The van der Waals surface area contributed by atoms with Crippen molar-refractivity contribution in [3.63, 3.8) is 0 Å². The van der Waals surface area contributed by atoms with Crippen molar-refractivity contribution in [2.45, 2.75) is 19.3 Å². The van der Waals surface area contributed by atoms with Crippen LogP contribution in [0.2, 0.25) is 0 Å². The molecule has 10 aromatic rings. The van der Waals surface area contributed by atoms with Gasteiger partial charge in [-0.15, -0.1) is 0 Å². The van der Waals surface area contributed by atoms with Crippen molar-refractivity contribution in [1.29, 1.82) is 0 Å². The van der Waals surface area contributed by atoms with Gasteiger partial charge in [0.2, 0.25) is 0 Å². The third kappa shape index (κ3) is 3.20. The summed E-state index contributed by atoms with van der Waals surface area (Å²) in [7, 11) is 0. The normalized spacial score (nSPS) is 15.4. The Balaban J connectivity index is 1.24. The first kappa shape index (κ1) is 27.4. The number of hydrogen-bond donors (Lipinski definition) is 0. The van der Waals surface area contributed by atoms with Crippen LogP contribution in [0.15, 0.2) is 152 Å². The van der Waals surface area contributed by atoms with E-state index in [0.29, 0.717) is 0 Å². The van der Waals surface area contributed by atoms with Gasteiger partial charge in [0.05, 0.1) is 16.6 Å². The Morgan fingerprint density at radius 3 is 2.17 bits per heavy atom. The molecule has 2 aromatic heterocycles. The van der Waals surface area contributed by atoms with Crippen LogP contribution in [0.1, 0.15) is 28.2 Å². The number of nitrogens with zero attached hydrogens (tertiary/aromatic N) is 2. The van der Waals surface area contributed by atoms with Crippen LogP contribution in [0.4, 0.5) is 11.4 Å². The van der Waals surface area contributed by atoms with E-state index in [1.54, 1.807) is 0 Å². The first-order chi connectivity index (χ1) is 25.7. The fraction of sp³-hybridized carbons (Fsp3) is 0.0612. The highest BCUT2D eigenvalue weighted by Gasteiger charge is 2.48. The highest BCUT2D eigenvalue weighted by atomic mass is 15.1. The van der Waals surface area contributed by atoms with E-state index in [2.05, 4.69) is 168 Å². The fourth-order valence-electron chi connectivity index (χ4n) is 10.8. The zero-order chi connectivity index (χ0) is 33.8. The Morgan fingerprint density at radius 2 is 1.25 bits per heavy atom. The van der Waals surface area contributed by atoms with Crippen LogP contribution >= 0.6 is 0 Å². The maximum atomic E-state index is 2.71. The van der Waals surface area contributed by atoms with E-state index in [-0.39, 0.29) is 12.8 Å². The van der Waals surface area contributed by atoms with E-state index in [1.807, 2.05) is 0 Å². The van der Waals surface area contributed by atoms with Crippen molar-refractivity contribution in [3.8, 4) is 22.3 Å². The molecule has 52 heavy (non-hydrogen) atoms. The van der Waals surface area contributed by atoms with Gasteiger partial charge in [-0.05, 0) is 104 Å². The smallest absolute Gasteiger partial charge is 0.329 e. The molecule has 0 fully saturated rings. The summed E-state index contributed by atoms with van der Waals surface area (Å²) in [5, 5.41) is 7.99. The number of anilines is 2. The third-order valence-electron chi connectivity index (χ3n) is 12.8. The molecular formula is C49H31BN2. The van der Waals surface area contributed by atoms with Gasteiger partial charge >= 0.3 is 6.85 Å². The molecule has 0 saturated heterocycles. The zero-order valence-electron chi connectivity index (χ0n) is 28.7. The van der Waals surface area contributed by atoms with Crippen molar-refractivity contribution in [2.24, 2.45) is 0 Å². The van der Waals surface area contributed by atoms with E-state index < -0.39 is 0 Å². The second kappa shape index (κ2) is 9.51. The molecule has 13 rings (SSSR count). The molecule has 1 unspecified atom stereocenters. The van der Waals surface area contributed by atoms with Crippen LogP contribution in [-0.4, -0.2) is 11.2 Å². The molecule has 0 spiro atoms. The van der Waals surface area contributed by atoms with Crippen molar-refractivity contribution >= 4 is 78.0 Å². The van der Waals surface area contributed by atoms with Gasteiger partial charge in [0.1, 0.15) is 0 Å². The summed E-state index contributed by atoms with van der Waals surface area (Å²) in [6, 6.07) is 57.8. The van der Waals surface area contributed by atoms with Crippen molar-refractivity contribution in [2.75, 3.05) is 4.81 Å². The highest BCUT2D eigenvalue weighted by Crippen LogP contribution is 2.52. The summed E-state index contributed by atoms with van der Waals surface area (Å²) in [6.07, 6.45) is 1.01. The van der Waals surface area contributed by atoms with Crippen molar-refractivity contribution < 1.29 is 0 Å². The first-order valence-corrected chi connectivity index (χ1v) is 18.6. The Bertz CT molecular complexity index is 3200. The Kier molecular flexibility index (Phi) is 5.01. The number of aromatic nitrogens is 1. The molecule has 0 N–H and O–H groups in total. The maximum absolute atomic E-state index is 2.71. The summed E-state index contributed by atoms with van der Waals surface area (Å²) < 4.78 is 2.53. The summed E-state index contributed by atoms with van der Waals surface area (Å²) in [5.41, 5.74) is 20.6. The second-order valence-electron chi connectivity index (χ2n) is 15.2. The Hall–Kier alpha value is -6.32. The molecule has 3 aliphatic rings. The number of benzene rings is 8. The predicted molar refractivity (Wildman–Crippen MR) is 220 cm³/mol. The predicted octanol–water partition coefficient (Wildman–Crippen LogP) is 10.9. The van der Waals surface area contributed by atoms with E-state index in [4.69, 9.17) is 0 Å². The number of fused-ring (bicyclic) bond motifs is 14. The van der Waals surface area contributed by atoms with Gasteiger partial charge in [0, 0.05) is 44.4 Å². The SMILES string of the molecule is Cc1ccccc1N1B2c3cccc4c3C(Cc3ccccc3-4)c3c2c(cc2ccccc32)-c2cc3c4cccc5c6ccccc6n(c3cc21)c54. The molecule has 1 atom stereocenters. The monoisotopic (exact) mass is 658 g/mol. The van der Waals surface area contributed by atoms with E-state index >= 15 is 0 Å². The molecule has 2 aliphatic heterocycles. The van der Waals surface area contributed by atoms with Gasteiger partial charge in [0.25, 0.3) is 0 Å². The summed E-state index contributed by atoms with van der Waals surface area (Å²) in [6.45, 7) is 2.31. The molecule has 4 heterocycles. The van der Waals surface area contributed by atoms with Crippen LogP contribution in [0.25, 0.3) is 71.1 Å². The van der Waals surface area contributed by atoms with Crippen LogP contribution in [-0.2, 0) is 6.42 Å². The fourth-order valence-corrected chi connectivity index (χ4v) is 10.8. The van der Waals surface area contributed by atoms with Gasteiger partial charge in [-0.25, -0.2) is 0 Å². The average Bonchev–Trinajstić information content (AvgIpc) is 3.71. The van der Waals surface area contributed by atoms with Gasteiger partial charge in [0.15, 0.2) is 0 Å². The molecule has 0 radical (unpaired) electrons. The molecule has 2 nitrogen and oxygen atoms in total. The summed E-state index contributed by atoms with van der Waals surface area (Å²) in [5.74, 6) is 0.285. The van der Waals surface area contributed by atoms with Crippen LogP contribution in [0.5, 0.6) is 0 Å². The second-order valence-corrected chi connectivity index (χ2v) is 15.2. The highest BCUT2D eigenvalue weighted by molar-refractivity contribution is 6.92. The maximum Gasteiger partial charge on any atom is 0.329 e. The average molecular weight is 659 g/mol. The lowest BCUT2D eigenvalue weighted by atomic mass is 9.39. The number of hydrogen-bond acceptors (Lipinski definition) is 1. The molecule has 240 valence electrons. The van der Waals surface area contributed by atoms with E-state index in [1.165, 1.54) is 116 Å². The minimum absolute atomic E-state index is 0.0305. The summed E-state index contributed by atoms with van der Waals surface area (Å²) in [4.78, 5) is 2.71. The first-order valence-electron chi connectivity index (χ1n) is 18.6. The van der Waals surface area contributed by atoms with Gasteiger partial charge in [-0.1, -0.05) is 121 Å². The molecule has 8 aromatic carbocycles. The van der Waals surface area contributed by atoms with Crippen LogP contribution < -0.4 is 15.7 Å². The topological polar surface area (TPSA) is 7.65 Å². The minimum Gasteiger partial charge on any atom is -0.376 e. The molecular weight excluding hydrogens is 627 g/mol. The molecule has 0 amide bonds. The number of aryl methyl sites for hydroxylation is 1. The van der Waals surface area contributed by atoms with Gasteiger partial charge in [-0.2, -0.15) is 0 Å². The van der Waals surface area contributed by atoms with Crippen LogP contribution in [0.3, 0.4) is 0 Å². The van der Waals surface area contributed by atoms with E-state index in [0.717, 1.165) is 6.42 Å². The third-order valence-corrected chi connectivity index (χ3v) is 12.8. The molecule has 3 heteroatoms. The van der Waals surface area contributed by atoms with E-state index in [9.17, 15) is 0 Å². The van der Waals surface area contributed by atoms with Gasteiger partial charge in [-0.3, -0.25) is 0 Å². The number of para-hydroxylation sites is 3. The quantitative estimate of drug-likeness (QED) is 0.159. The minimum atomic E-state index is 0.0305. The number of rotatable bonds is 1. The molecule has 0 bridgehead atoms. The molecule has 0 saturated carbocycles. The van der Waals surface area contributed by atoms with Crippen LogP contribution in [0, 0.1) is 6.92 Å². The summed E-state index contributed by atoms with van der Waals surface area (Å²) >= 11 is 0. The Morgan fingerprint density at radius 1 is 0.519 bits per heavy atom. The lowest BCUT2D eigenvalue weighted by Gasteiger charge is -2.47. The largest absolute Gasteiger partial charge is 0.376 e. The Labute approximate surface area is 301 Å². The lowest BCUT2D eigenvalue weighted by molar-refractivity contribution is 0.805. The zero-order valence-corrected chi connectivity index (χ0v) is 28.7. The van der Waals surface area contributed by atoms with Gasteiger partial charge < -0.3 is 9.21 Å². The molecule has 1 aliphatic carbocycles. The van der Waals surface area contributed by atoms with Crippen molar-refractivity contribution in [1.82, 2.24) is 4.40 Å². The standard InChI is InChI=1S/C49H31BN2/c1-28-12-2-8-22-42(28)52-45-27-44-37(36-20-10-19-35-33-17-7-9-23-43(33)51(44)49(35)36)26-38(45)39-24-30-14-4-6-16-32(30)47-40-25-29-13-3-5-15-31(29)34-18-11-21-41(46(34)40)50(52)48(39)47/h2-24,26-27,40H,25H2,1H3. The lowest BCUT2D eigenvalue weighted by Crippen LogP contribution is -2.62. The van der Waals surface area contributed by atoms with Crippen molar-refractivity contribution in [3.05, 3.63) is 174 Å².